The molecule has 3 rings (SSSR count). The van der Waals surface area contributed by atoms with Crippen molar-refractivity contribution in [1.82, 2.24) is 0 Å². The van der Waals surface area contributed by atoms with Crippen LogP contribution in [0.2, 0.25) is 0 Å². The number of carbonyl (C=O) groups is 2. The number of carbonyl (C=O) groups excluding carboxylic acids is 2. The van der Waals surface area contributed by atoms with Gasteiger partial charge in [0.15, 0.2) is 5.78 Å². The smallest absolute Gasteiger partial charge is 0.302 e. The van der Waals surface area contributed by atoms with Gasteiger partial charge in [-0.1, -0.05) is 30.3 Å². The van der Waals surface area contributed by atoms with E-state index in [4.69, 9.17) is 10.5 Å². The van der Waals surface area contributed by atoms with Gasteiger partial charge in [0.2, 0.25) is 0 Å². The molecule has 1 aliphatic rings. The minimum atomic E-state index is -0.218. The summed E-state index contributed by atoms with van der Waals surface area (Å²) in [6.07, 6.45) is 3.56. The summed E-state index contributed by atoms with van der Waals surface area (Å²) in [5, 5.41) is 3.45. The molecule has 2 aromatic carbocycles. The van der Waals surface area contributed by atoms with E-state index >= 15 is 0 Å². The van der Waals surface area contributed by atoms with Crippen LogP contribution in [0.5, 0.6) is 0 Å². The summed E-state index contributed by atoms with van der Waals surface area (Å²) in [6, 6.07) is 14.9. The molecular formula is C21H24N2O3. The fraction of sp³-hybridized carbons (Fsp3) is 0.333. The average molecular weight is 352 g/mol. The maximum atomic E-state index is 12.5. The van der Waals surface area contributed by atoms with Gasteiger partial charge in [-0.25, -0.2) is 0 Å². The number of hydrogen-bond donors (Lipinski definition) is 2. The highest BCUT2D eigenvalue weighted by Crippen LogP contribution is 2.28. The zero-order valence-electron chi connectivity index (χ0n) is 14.9. The van der Waals surface area contributed by atoms with Crippen LogP contribution < -0.4 is 11.1 Å². The zero-order valence-corrected chi connectivity index (χ0v) is 14.9. The SMILES string of the molecule is CC(=O)O[C@H]1CC[C@H](Nc2ccc(C(=O)c3ccccc3)cc2N)CC1. The van der Waals surface area contributed by atoms with Crippen LogP contribution in [0.3, 0.4) is 0 Å². The number of nitrogens with one attached hydrogen (secondary N) is 1. The van der Waals surface area contributed by atoms with Crippen LogP contribution >= 0.6 is 0 Å². The molecule has 1 saturated carbocycles. The van der Waals surface area contributed by atoms with Crippen molar-refractivity contribution in [1.29, 1.82) is 0 Å². The Kier molecular flexibility index (Phi) is 5.56. The van der Waals surface area contributed by atoms with Gasteiger partial charge in [-0.05, 0) is 43.9 Å². The van der Waals surface area contributed by atoms with Crippen LogP contribution in [0.25, 0.3) is 0 Å². The lowest BCUT2D eigenvalue weighted by Gasteiger charge is -2.29. The van der Waals surface area contributed by atoms with Crippen molar-refractivity contribution in [2.24, 2.45) is 0 Å². The van der Waals surface area contributed by atoms with Crippen LogP contribution in [0.4, 0.5) is 11.4 Å². The highest BCUT2D eigenvalue weighted by Gasteiger charge is 2.23. The fourth-order valence-corrected chi connectivity index (χ4v) is 3.37. The Hall–Kier alpha value is -2.82. The van der Waals surface area contributed by atoms with Gasteiger partial charge in [-0.3, -0.25) is 9.59 Å². The monoisotopic (exact) mass is 352 g/mol. The average Bonchev–Trinajstić information content (AvgIpc) is 2.64. The summed E-state index contributed by atoms with van der Waals surface area (Å²) in [5.41, 5.74) is 8.80. The molecule has 0 bridgehead atoms. The lowest BCUT2D eigenvalue weighted by molar-refractivity contribution is -0.147. The van der Waals surface area contributed by atoms with Gasteiger partial charge < -0.3 is 15.8 Å². The maximum Gasteiger partial charge on any atom is 0.302 e. The summed E-state index contributed by atoms with van der Waals surface area (Å²) in [6.45, 7) is 1.45. The molecule has 0 aromatic heterocycles. The van der Waals surface area contributed by atoms with Gasteiger partial charge in [0, 0.05) is 24.1 Å². The van der Waals surface area contributed by atoms with Crippen LogP contribution in [0, 0.1) is 0 Å². The third-order valence-electron chi connectivity index (χ3n) is 4.72. The number of benzene rings is 2. The molecule has 5 nitrogen and oxygen atoms in total. The van der Waals surface area contributed by atoms with Gasteiger partial charge in [0.05, 0.1) is 11.4 Å². The molecule has 26 heavy (non-hydrogen) atoms. The van der Waals surface area contributed by atoms with Gasteiger partial charge >= 0.3 is 5.97 Å². The van der Waals surface area contributed by atoms with E-state index < -0.39 is 0 Å². The molecule has 136 valence electrons. The summed E-state index contributed by atoms with van der Waals surface area (Å²) < 4.78 is 5.27. The molecule has 0 spiro atoms. The quantitative estimate of drug-likeness (QED) is 0.486. The van der Waals surface area contributed by atoms with Crippen molar-refractivity contribution in [2.75, 3.05) is 11.1 Å². The Balaban J connectivity index is 1.62. The molecule has 1 aliphatic carbocycles. The standard InChI is InChI=1S/C21H24N2O3/c1-14(24)26-18-10-8-17(9-11-18)23-20-12-7-16(13-19(20)22)21(25)15-5-3-2-4-6-15/h2-7,12-13,17-18,23H,8-11,22H2,1H3/t17-,18-. The largest absolute Gasteiger partial charge is 0.463 e. The van der Waals surface area contributed by atoms with E-state index in [-0.39, 0.29) is 17.9 Å². The molecule has 0 atom stereocenters. The van der Waals surface area contributed by atoms with E-state index in [9.17, 15) is 9.59 Å². The molecule has 0 unspecified atom stereocenters. The minimum Gasteiger partial charge on any atom is -0.463 e. The van der Waals surface area contributed by atoms with Crippen LogP contribution in [0.1, 0.15) is 48.5 Å². The van der Waals surface area contributed by atoms with Gasteiger partial charge in [-0.15, -0.1) is 0 Å². The summed E-state index contributed by atoms with van der Waals surface area (Å²) in [7, 11) is 0. The Morgan fingerprint density at radius 1 is 1.00 bits per heavy atom. The highest BCUT2D eigenvalue weighted by atomic mass is 16.5. The number of ether oxygens (including phenoxy) is 1. The van der Waals surface area contributed by atoms with E-state index in [0.29, 0.717) is 22.9 Å². The second-order valence-corrected chi connectivity index (χ2v) is 6.72. The Morgan fingerprint density at radius 3 is 2.31 bits per heavy atom. The molecule has 3 N–H and O–H groups in total. The number of anilines is 2. The number of nitrogen functional groups attached to an aromatic ring is 1. The zero-order chi connectivity index (χ0) is 18.5. The molecule has 1 fully saturated rings. The fourth-order valence-electron chi connectivity index (χ4n) is 3.37. The highest BCUT2D eigenvalue weighted by molar-refractivity contribution is 6.09. The number of esters is 1. The molecule has 0 saturated heterocycles. The summed E-state index contributed by atoms with van der Waals surface area (Å²) in [4.78, 5) is 23.5. The number of nitrogens with two attached hydrogens (primary N) is 1. The Morgan fingerprint density at radius 2 is 1.69 bits per heavy atom. The van der Waals surface area contributed by atoms with E-state index in [1.54, 1.807) is 24.3 Å². The third-order valence-corrected chi connectivity index (χ3v) is 4.72. The predicted molar refractivity (Wildman–Crippen MR) is 102 cm³/mol. The van der Waals surface area contributed by atoms with Gasteiger partial charge in [-0.2, -0.15) is 0 Å². The first-order valence-electron chi connectivity index (χ1n) is 8.96. The lowest BCUT2D eigenvalue weighted by Crippen LogP contribution is -2.30. The van der Waals surface area contributed by atoms with Crippen molar-refractivity contribution < 1.29 is 14.3 Å². The molecule has 5 heteroatoms. The maximum absolute atomic E-state index is 12.5. The number of hydrogen-bond acceptors (Lipinski definition) is 5. The van der Waals surface area contributed by atoms with Crippen molar-refractivity contribution in [3.63, 3.8) is 0 Å². The van der Waals surface area contributed by atoms with Crippen molar-refractivity contribution in [3.8, 4) is 0 Å². The van der Waals surface area contributed by atoms with Gasteiger partial charge in [0.25, 0.3) is 0 Å². The van der Waals surface area contributed by atoms with Crippen LogP contribution in [0.15, 0.2) is 48.5 Å². The summed E-state index contributed by atoms with van der Waals surface area (Å²) >= 11 is 0. The topological polar surface area (TPSA) is 81.4 Å². The number of ketones is 1. The molecule has 0 heterocycles. The first-order valence-corrected chi connectivity index (χ1v) is 8.96. The lowest BCUT2D eigenvalue weighted by atomic mass is 9.92. The first-order chi connectivity index (χ1) is 12.5. The summed E-state index contributed by atoms with van der Waals surface area (Å²) in [5.74, 6) is -0.255. The third kappa shape index (κ3) is 4.42. The molecule has 2 aromatic rings. The van der Waals surface area contributed by atoms with E-state index in [2.05, 4.69) is 5.32 Å². The minimum absolute atomic E-state index is 0.0220. The molecule has 0 aliphatic heterocycles. The Bertz CT molecular complexity index is 781. The molecule has 0 radical (unpaired) electrons. The second-order valence-electron chi connectivity index (χ2n) is 6.72. The second kappa shape index (κ2) is 8.04. The molecule has 0 amide bonds. The van der Waals surface area contributed by atoms with E-state index in [1.807, 2.05) is 24.3 Å². The van der Waals surface area contributed by atoms with Crippen molar-refractivity contribution in [2.45, 2.75) is 44.8 Å². The van der Waals surface area contributed by atoms with Crippen LogP contribution in [-0.4, -0.2) is 23.9 Å². The predicted octanol–water partition coefficient (Wildman–Crippen LogP) is 3.79. The normalized spacial score (nSPS) is 19.6. The van der Waals surface area contributed by atoms with E-state index in [0.717, 1.165) is 31.4 Å². The van der Waals surface area contributed by atoms with Crippen LogP contribution in [-0.2, 0) is 9.53 Å². The van der Waals surface area contributed by atoms with Gasteiger partial charge in [0.1, 0.15) is 6.10 Å². The van der Waals surface area contributed by atoms with E-state index in [1.165, 1.54) is 6.92 Å². The Labute approximate surface area is 153 Å². The molecular weight excluding hydrogens is 328 g/mol. The van der Waals surface area contributed by atoms with Crippen molar-refractivity contribution >= 4 is 23.1 Å². The first kappa shape index (κ1) is 18.0. The van der Waals surface area contributed by atoms with Crippen molar-refractivity contribution in [3.05, 3.63) is 59.7 Å². The number of rotatable bonds is 5.